The fourth-order valence-corrected chi connectivity index (χ4v) is 3.40. The van der Waals surface area contributed by atoms with Gasteiger partial charge in [0.2, 0.25) is 0 Å². The van der Waals surface area contributed by atoms with Gasteiger partial charge >= 0.3 is 11.8 Å². The van der Waals surface area contributed by atoms with Gasteiger partial charge in [-0.15, -0.1) is 10.2 Å². The number of carbonyl (C=O) groups is 1. The number of hydrogen-bond donors (Lipinski definition) is 0. The molecular formula is C14H14N6O2S. The smallest absolute Gasteiger partial charge is 0.311 e. The minimum Gasteiger partial charge on any atom is -0.411 e. The second-order valence-corrected chi connectivity index (χ2v) is 6.16. The Morgan fingerprint density at radius 2 is 2.26 bits per heavy atom. The number of aryl methyl sites for hydroxylation is 1. The normalized spacial score (nSPS) is 17.8. The van der Waals surface area contributed by atoms with Crippen LogP contribution in [0.4, 0.5) is 0 Å². The minimum atomic E-state index is -0.239. The first-order chi connectivity index (χ1) is 11.2. The van der Waals surface area contributed by atoms with Gasteiger partial charge in [-0.1, -0.05) is 0 Å². The summed E-state index contributed by atoms with van der Waals surface area (Å²) in [4.78, 5) is 15.3. The average Bonchev–Trinajstić information content (AvgIpc) is 3.31. The molecule has 0 N–H and O–H groups in total. The summed E-state index contributed by atoms with van der Waals surface area (Å²) >= 11 is 1.25. The molecule has 1 amide bonds. The Labute approximate surface area is 135 Å². The van der Waals surface area contributed by atoms with Gasteiger partial charge in [-0.05, 0) is 36.5 Å². The Morgan fingerprint density at radius 3 is 3.00 bits per heavy atom. The molecule has 8 nitrogen and oxygen atoms in total. The van der Waals surface area contributed by atoms with Crippen LogP contribution in [0.5, 0.6) is 0 Å². The SMILES string of the molecule is Cn1nccc1C1CCCN1C(=O)c1nnc(-c2ccns2)o1. The van der Waals surface area contributed by atoms with Gasteiger partial charge in [-0.25, -0.2) is 4.37 Å². The molecule has 4 heterocycles. The quantitative estimate of drug-likeness (QED) is 0.728. The lowest BCUT2D eigenvalue weighted by atomic mass is 10.1. The van der Waals surface area contributed by atoms with Crippen LogP contribution in [0, 0.1) is 0 Å². The lowest BCUT2D eigenvalue weighted by molar-refractivity contribution is 0.0690. The molecule has 0 aromatic carbocycles. The summed E-state index contributed by atoms with van der Waals surface area (Å²) in [5.74, 6) is 0.103. The third-order valence-electron chi connectivity index (χ3n) is 3.97. The monoisotopic (exact) mass is 330 g/mol. The zero-order chi connectivity index (χ0) is 15.8. The second kappa shape index (κ2) is 5.58. The molecule has 1 aliphatic rings. The molecule has 1 unspecified atom stereocenters. The number of likely N-dealkylation sites (tertiary alicyclic amines) is 1. The number of rotatable bonds is 3. The summed E-state index contributed by atoms with van der Waals surface area (Å²) in [7, 11) is 1.88. The predicted octanol–water partition coefficient (Wildman–Crippen LogP) is 1.90. The highest BCUT2D eigenvalue weighted by Gasteiger charge is 2.34. The minimum absolute atomic E-state index is 0.00578. The van der Waals surface area contributed by atoms with Crippen LogP contribution in [-0.2, 0) is 7.05 Å². The van der Waals surface area contributed by atoms with E-state index < -0.39 is 0 Å². The third-order valence-corrected chi connectivity index (χ3v) is 4.70. The molecule has 9 heteroatoms. The van der Waals surface area contributed by atoms with Crippen molar-refractivity contribution >= 4 is 17.4 Å². The van der Waals surface area contributed by atoms with E-state index in [1.165, 1.54) is 11.5 Å². The molecule has 118 valence electrons. The Morgan fingerprint density at radius 1 is 1.35 bits per heavy atom. The van der Waals surface area contributed by atoms with E-state index in [0.29, 0.717) is 12.4 Å². The Balaban J connectivity index is 1.60. The van der Waals surface area contributed by atoms with Crippen molar-refractivity contribution in [2.75, 3.05) is 6.54 Å². The molecule has 0 radical (unpaired) electrons. The molecule has 4 rings (SSSR count). The Bertz CT molecular complexity index is 824. The highest BCUT2D eigenvalue weighted by molar-refractivity contribution is 7.09. The fraction of sp³-hybridized carbons (Fsp3) is 0.357. The van der Waals surface area contributed by atoms with E-state index >= 15 is 0 Å². The van der Waals surface area contributed by atoms with Crippen LogP contribution >= 0.6 is 11.5 Å². The first-order valence-electron chi connectivity index (χ1n) is 7.27. The van der Waals surface area contributed by atoms with Crippen molar-refractivity contribution in [1.29, 1.82) is 0 Å². The van der Waals surface area contributed by atoms with Crippen molar-refractivity contribution < 1.29 is 9.21 Å². The summed E-state index contributed by atoms with van der Waals surface area (Å²) < 4.78 is 11.3. The summed E-state index contributed by atoms with van der Waals surface area (Å²) in [6, 6.07) is 3.71. The second-order valence-electron chi connectivity index (χ2n) is 5.33. The maximum Gasteiger partial charge on any atom is 0.311 e. The van der Waals surface area contributed by atoms with Gasteiger partial charge in [-0.3, -0.25) is 9.48 Å². The predicted molar refractivity (Wildman–Crippen MR) is 81.6 cm³/mol. The van der Waals surface area contributed by atoms with Crippen molar-refractivity contribution in [2.24, 2.45) is 7.05 Å². The van der Waals surface area contributed by atoms with E-state index in [0.717, 1.165) is 23.4 Å². The van der Waals surface area contributed by atoms with Crippen LogP contribution in [0.3, 0.4) is 0 Å². The van der Waals surface area contributed by atoms with Crippen molar-refractivity contribution in [1.82, 2.24) is 29.3 Å². The van der Waals surface area contributed by atoms with Gasteiger partial charge in [-0.2, -0.15) is 5.10 Å². The van der Waals surface area contributed by atoms with Crippen LogP contribution in [0.25, 0.3) is 10.8 Å². The van der Waals surface area contributed by atoms with Crippen molar-refractivity contribution in [3.63, 3.8) is 0 Å². The Kier molecular flexibility index (Phi) is 3.41. The maximum absolute atomic E-state index is 12.7. The van der Waals surface area contributed by atoms with Crippen LogP contribution in [-0.4, -0.2) is 41.7 Å². The van der Waals surface area contributed by atoms with E-state index in [1.807, 2.05) is 13.1 Å². The number of aromatic nitrogens is 5. The number of hydrogen-bond acceptors (Lipinski definition) is 7. The number of amides is 1. The molecular weight excluding hydrogens is 316 g/mol. The van der Waals surface area contributed by atoms with E-state index in [2.05, 4.69) is 19.7 Å². The summed E-state index contributed by atoms with van der Waals surface area (Å²) in [5, 5.41) is 12.0. The zero-order valence-corrected chi connectivity index (χ0v) is 13.2. The van der Waals surface area contributed by atoms with Crippen molar-refractivity contribution in [2.45, 2.75) is 18.9 Å². The van der Waals surface area contributed by atoms with Crippen LogP contribution in [0.2, 0.25) is 0 Å². The van der Waals surface area contributed by atoms with Gasteiger partial charge in [0.1, 0.15) is 4.88 Å². The molecule has 3 aromatic heterocycles. The topological polar surface area (TPSA) is 89.9 Å². The van der Waals surface area contributed by atoms with Gasteiger partial charge in [0, 0.05) is 26.0 Å². The van der Waals surface area contributed by atoms with Gasteiger partial charge in [0.25, 0.3) is 5.89 Å². The Hall–Kier alpha value is -2.55. The van der Waals surface area contributed by atoms with Gasteiger partial charge in [0.15, 0.2) is 0 Å². The molecule has 0 aliphatic carbocycles. The third kappa shape index (κ3) is 2.42. The molecule has 23 heavy (non-hydrogen) atoms. The summed E-state index contributed by atoms with van der Waals surface area (Å²) in [6.07, 6.45) is 5.24. The molecule has 0 saturated carbocycles. The number of carbonyl (C=O) groups excluding carboxylic acids is 1. The van der Waals surface area contributed by atoms with Crippen LogP contribution in [0.1, 0.15) is 35.3 Å². The molecule has 1 aliphatic heterocycles. The van der Waals surface area contributed by atoms with E-state index in [4.69, 9.17) is 4.42 Å². The van der Waals surface area contributed by atoms with E-state index in [-0.39, 0.29) is 17.8 Å². The molecule has 0 spiro atoms. The van der Waals surface area contributed by atoms with Crippen LogP contribution < -0.4 is 0 Å². The van der Waals surface area contributed by atoms with Crippen molar-refractivity contribution in [3.8, 4) is 10.8 Å². The fourth-order valence-electron chi connectivity index (χ4n) is 2.89. The van der Waals surface area contributed by atoms with E-state index in [9.17, 15) is 4.79 Å². The molecule has 1 atom stereocenters. The summed E-state index contributed by atoms with van der Waals surface area (Å²) in [6.45, 7) is 0.674. The highest BCUT2D eigenvalue weighted by Crippen LogP contribution is 2.33. The number of nitrogens with zero attached hydrogens (tertiary/aromatic N) is 6. The van der Waals surface area contributed by atoms with Gasteiger partial charge in [0.05, 0.1) is 11.7 Å². The van der Waals surface area contributed by atoms with Crippen molar-refractivity contribution in [3.05, 3.63) is 36.1 Å². The lowest BCUT2D eigenvalue weighted by Gasteiger charge is -2.23. The van der Waals surface area contributed by atoms with Crippen LogP contribution in [0.15, 0.2) is 28.9 Å². The molecule has 1 saturated heterocycles. The first kappa shape index (κ1) is 14.1. The molecule has 0 bridgehead atoms. The summed E-state index contributed by atoms with van der Waals surface area (Å²) in [5.41, 5.74) is 1.01. The molecule has 1 fully saturated rings. The zero-order valence-electron chi connectivity index (χ0n) is 12.4. The highest BCUT2D eigenvalue weighted by atomic mass is 32.1. The van der Waals surface area contributed by atoms with Gasteiger partial charge < -0.3 is 9.32 Å². The average molecular weight is 330 g/mol. The maximum atomic E-state index is 12.7. The molecule has 3 aromatic rings. The van der Waals surface area contributed by atoms with E-state index in [1.54, 1.807) is 28.0 Å². The lowest BCUT2D eigenvalue weighted by Crippen LogP contribution is -2.31. The largest absolute Gasteiger partial charge is 0.411 e. The first-order valence-corrected chi connectivity index (χ1v) is 8.05. The standard InChI is InChI=1S/C14H14N6O2S/c1-19-9(4-6-15-19)10-3-2-8-20(10)14(21)13-18-17-12(22-13)11-5-7-16-23-11/h4-7,10H,2-3,8H2,1H3.